The second-order valence-corrected chi connectivity index (χ2v) is 3.88. The Balaban J connectivity index is 1.93. The molecule has 1 N–H and O–H groups in total. The fraction of sp³-hybridized carbons (Fsp3) is 0.700. The van der Waals surface area contributed by atoms with Gasteiger partial charge in [0.2, 0.25) is 0 Å². The van der Waals surface area contributed by atoms with E-state index in [0.717, 1.165) is 25.2 Å². The molecule has 1 fully saturated rings. The van der Waals surface area contributed by atoms with Crippen molar-refractivity contribution in [3.8, 4) is 0 Å². The van der Waals surface area contributed by atoms with Gasteiger partial charge in [-0.1, -0.05) is 0 Å². The minimum atomic E-state index is -0.807. The topological polar surface area (TPSA) is 29.9 Å². The van der Waals surface area contributed by atoms with Crippen LogP contribution in [0.4, 0.5) is 4.39 Å². The van der Waals surface area contributed by atoms with E-state index in [1.165, 1.54) is 0 Å². The molecular formula is C10H16FN3. The summed E-state index contributed by atoms with van der Waals surface area (Å²) < 4.78 is 15.6. The lowest BCUT2D eigenvalue weighted by atomic mass is 10.1. The van der Waals surface area contributed by atoms with Crippen molar-refractivity contribution in [2.24, 2.45) is 7.05 Å². The van der Waals surface area contributed by atoms with Gasteiger partial charge in [0.25, 0.3) is 0 Å². The Morgan fingerprint density at radius 2 is 2.64 bits per heavy atom. The van der Waals surface area contributed by atoms with Crippen LogP contribution >= 0.6 is 0 Å². The standard InChI is InChI=1S/C10H16FN3/c1-14-6-5-13-10(14)7-8(11)9-3-2-4-12-9/h5-6,8-9,12H,2-4,7H2,1H3. The van der Waals surface area contributed by atoms with E-state index >= 15 is 0 Å². The summed E-state index contributed by atoms with van der Waals surface area (Å²) in [5, 5.41) is 3.18. The first-order valence-corrected chi connectivity index (χ1v) is 5.11. The normalized spacial score (nSPS) is 24.0. The number of rotatable bonds is 3. The fourth-order valence-electron chi connectivity index (χ4n) is 1.93. The maximum absolute atomic E-state index is 13.7. The quantitative estimate of drug-likeness (QED) is 0.785. The van der Waals surface area contributed by atoms with Crippen molar-refractivity contribution < 1.29 is 4.39 Å². The highest BCUT2D eigenvalue weighted by molar-refractivity contribution is 4.96. The van der Waals surface area contributed by atoms with E-state index in [4.69, 9.17) is 0 Å². The zero-order valence-corrected chi connectivity index (χ0v) is 8.41. The lowest BCUT2D eigenvalue weighted by molar-refractivity contribution is 0.258. The summed E-state index contributed by atoms with van der Waals surface area (Å²) >= 11 is 0. The summed E-state index contributed by atoms with van der Waals surface area (Å²) in [6.45, 7) is 0.950. The van der Waals surface area contributed by atoms with Crippen LogP contribution in [0.2, 0.25) is 0 Å². The molecule has 0 aliphatic carbocycles. The van der Waals surface area contributed by atoms with Crippen LogP contribution in [-0.4, -0.2) is 28.3 Å². The van der Waals surface area contributed by atoms with E-state index < -0.39 is 6.17 Å². The summed E-state index contributed by atoms with van der Waals surface area (Å²) in [4.78, 5) is 4.12. The van der Waals surface area contributed by atoms with Gasteiger partial charge in [-0.3, -0.25) is 0 Å². The molecule has 0 aromatic carbocycles. The highest BCUT2D eigenvalue weighted by Crippen LogP contribution is 2.15. The van der Waals surface area contributed by atoms with Crippen LogP contribution in [0.15, 0.2) is 12.4 Å². The number of hydrogen-bond acceptors (Lipinski definition) is 2. The molecule has 2 atom stereocenters. The summed E-state index contributed by atoms with van der Waals surface area (Å²) in [5.74, 6) is 0.825. The molecule has 1 aliphatic heterocycles. The molecule has 0 bridgehead atoms. The Kier molecular flexibility index (Phi) is 2.82. The summed E-state index contributed by atoms with van der Waals surface area (Å²) in [6.07, 6.45) is 5.21. The molecule has 2 unspecified atom stereocenters. The van der Waals surface area contributed by atoms with Crippen LogP contribution in [0.1, 0.15) is 18.7 Å². The number of nitrogens with one attached hydrogen (secondary N) is 1. The number of nitrogens with zero attached hydrogens (tertiary/aromatic N) is 2. The van der Waals surface area contributed by atoms with Crippen molar-refractivity contribution in [1.29, 1.82) is 0 Å². The number of aryl methyl sites for hydroxylation is 1. The molecule has 2 rings (SSSR count). The number of hydrogen-bond donors (Lipinski definition) is 1. The van der Waals surface area contributed by atoms with Crippen LogP contribution in [0.5, 0.6) is 0 Å². The van der Waals surface area contributed by atoms with Gasteiger partial charge in [-0.25, -0.2) is 9.37 Å². The highest BCUT2D eigenvalue weighted by atomic mass is 19.1. The molecule has 0 spiro atoms. The van der Waals surface area contributed by atoms with Gasteiger partial charge in [-0.2, -0.15) is 0 Å². The summed E-state index contributed by atoms with van der Waals surface area (Å²) in [5.41, 5.74) is 0. The zero-order chi connectivity index (χ0) is 9.97. The smallest absolute Gasteiger partial charge is 0.122 e. The molecule has 4 heteroatoms. The van der Waals surface area contributed by atoms with Gasteiger partial charge in [0.15, 0.2) is 0 Å². The van der Waals surface area contributed by atoms with Crippen LogP contribution in [-0.2, 0) is 13.5 Å². The van der Waals surface area contributed by atoms with E-state index in [2.05, 4.69) is 10.3 Å². The molecule has 1 aliphatic rings. The molecule has 78 valence electrons. The van der Waals surface area contributed by atoms with Crippen molar-refractivity contribution in [3.63, 3.8) is 0 Å². The van der Waals surface area contributed by atoms with E-state index in [-0.39, 0.29) is 6.04 Å². The van der Waals surface area contributed by atoms with Crippen molar-refractivity contribution in [2.75, 3.05) is 6.54 Å². The van der Waals surface area contributed by atoms with Crippen LogP contribution in [0, 0.1) is 0 Å². The minimum Gasteiger partial charge on any atom is -0.338 e. The van der Waals surface area contributed by atoms with Crippen LogP contribution < -0.4 is 5.32 Å². The van der Waals surface area contributed by atoms with E-state index in [1.54, 1.807) is 6.20 Å². The molecule has 0 amide bonds. The predicted molar refractivity (Wildman–Crippen MR) is 52.8 cm³/mol. The van der Waals surface area contributed by atoms with E-state index in [1.807, 2.05) is 17.8 Å². The van der Waals surface area contributed by atoms with Gasteiger partial charge < -0.3 is 9.88 Å². The van der Waals surface area contributed by atoms with Crippen molar-refractivity contribution >= 4 is 0 Å². The molecule has 14 heavy (non-hydrogen) atoms. The van der Waals surface area contributed by atoms with E-state index in [9.17, 15) is 4.39 Å². The average molecular weight is 197 g/mol. The lowest BCUT2D eigenvalue weighted by Crippen LogP contribution is -2.33. The molecule has 2 heterocycles. The average Bonchev–Trinajstić information content (AvgIpc) is 2.77. The van der Waals surface area contributed by atoms with Gasteiger partial charge in [-0.15, -0.1) is 0 Å². The number of imidazole rings is 1. The Labute approximate surface area is 83.3 Å². The van der Waals surface area contributed by atoms with Crippen molar-refractivity contribution in [2.45, 2.75) is 31.5 Å². The largest absolute Gasteiger partial charge is 0.338 e. The Hall–Kier alpha value is -0.900. The Morgan fingerprint density at radius 1 is 1.79 bits per heavy atom. The third kappa shape index (κ3) is 1.95. The Bertz CT molecular complexity index is 291. The third-order valence-electron chi connectivity index (χ3n) is 2.83. The molecule has 1 aromatic rings. The van der Waals surface area contributed by atoms with Gasteiger partial charge in [-0.05, 0) is 19.4 Å². The van der Waals surface area contributed by atoms with E-state index in [0.29, 0.717) is 6.42 Å². The monoisotopic (exact) mass is 197 g/mol. The van der Waals surface area contributed by atoms with Gasteiger partial charge >= 0.3 is 0 Å². The van der Waals surface area contributed by atoms with Crippen molar-refractivity contribution in [1.82, 2.24) is 14.9 Å². The van der Waals surface area contributed by atoms with Crippen LogP contribution in [0.3, 0.4) is 0 Å². The first-order valence-electron chi connectivity index (χ1n) is 5.11. The molecule has 0 saturated carbocycles. The maximum atomic E-state index is 13.7. The first-order chi connectivity index (χ1) is 6.77. The van der Waals surface area contributed by atoms with Crippen LogP contribution in [0.25, 0.3) is 0 Å². The van der Waals surface area contributed by atoms with Gasteiger partial charge in [0.1, 0.15) is 12.0 Å². The minimum absolute atomic E-state index is 0.0340. The molecule has 3 nitrogen and oxygen atoms in total. The number of aromatic nitrogens is 2. The predicted octanol–water partition coefficient (Wildman–Crippen LogP) is 1.05. The van der Waals surface area contributed by atoms with Crippen molar-refractivity contribution in [3.05, 3.63) is 18.2 Å². The number of alkyl halides is 1. The summed E-state index contributed by atoms with van der Waals surface area (Å²) in [6, 6.07) is 0.0340. The van der Waals surface area contributed by atoms with Gasteiger partial charge in [0.05, 0.1) is 0 Å². The number of halogens is 1. The first kappa shape index (κ1) is 9.65. The third-order valence-corrected chi connectivity index (χ3v) is 2.83. The second-order valence-electron chi connectivity index (χ2n) is 3.88. The fourth-order valence-corrected chi connectivity index (χ4v) is 1.93. The lowest BCUT2D eigenvalue weighted by Gasteiger charge is -2.15. The molecule has 1 saturated heterocycles. The molecular weight excluding hydrogens is 181 g/mol. The molecule has 1 aromatic heterocycles. The highest BCUT2D eigenvalue weighted by Gasteiger charge is 2.25. The second kappa shape index (κ2) is 4.09. The Morgan fingerprint density at radius 3 is 3.21 bits per heavy atom. The zero-order valence-electron chi connectivity index (χ0n) is 8.41. The SMILES string of the molecule is Cn1ccnc1CC(F)C1CCCN1. The molecule has 0 radical (unpaired) electrons. The maximum Gasteiger partial charge on any atom is 0.122 e. The summed E-state index contributed by atoms with van der Waals surface area (Å²) in [7, 11) is 1.90. The van der Waals surface area contributed by atoms with Gasteiger partial charge in [0, 0.05) is 31.9 Å².